The lowest BCUT2D eigenvalue weighted by Gasteiger charge is -2.16. The molecule has 0 aliphatic carbocycles. The van der Waals surface area contributed by atoms with Crippen molar-refractivity contribution in [2.45, 2.75) is 25.3 Å². The Hall–Kier alpha value is -2.24. The summed E-state index contributed by atoms with van der Waals surface area (Å²) in [5, 5.41) is 7.77. The molecule has 1 aliphatic heterocycles. The maximum atomic E-state index is 13.5. The van der Waals surface area contributed by atoms with E-state index in [4.69, 9.17) is 0 Å². The lowest BCUT2D eigenvalue weighted by Crippen LogP contribution is -2.29. The Morgan fingerprint density at radius 1 is 1.38 bits per heavy atom. The van der Waals surface area contributed by atoms with E-state index in [0.29, 0.717) is 24.9 Å². The van der Waals surface area contributed by atoms with Gasteiger partial charge in [0.2, 0.25) is 5.91 Å². The second kappa shape index (κ2) is 6.03. The van der Waals surface area contributed by atoms with Crippen molar-refractivity contribution in [3.8, 4) is 0 Å². The molecule has 1 amide bonds. The van der Waals surface area contributed by atoms with Gasteiger partial charge in [0, 0.05) is 25.7 Å². The van der Waals surface area contributed by atoms with Crippen molar-refractivity contribution in [2.75, 3.05) is 13.1 Å². The minimum absolute atomic E-state index is 0.0702. The summed E-state index contributed by atoms with van der Waals surface area (Å²) in [6.07, 6.45) is 5.12. The molecule has 1 saturated heterocycles. The van der Waals surface area contributed by atoms with Crippen LogP contribution in [-0.2, 0) is 11.2 Å². The largest absolute Gasteiger partial charge is 0.340 e. The molecular weight excluding hydrogens is 271 g/mol. The second-order valence-electron chi connectivity index (χ2n) is 5.26. The number of halogens is 1. The minimum Gasteiger partial charge on any atom is -0.340 e. The number of aryl methyl sites for hydroxylation is 1. The van der Waals surface area contributed by atoms with Crippen LogP contribution in [-0.4, -0.2) is 38.9 Å². The van der Waals surface area contributed by atoms with Gasteiger partial charge in [0.25, 0.3) is 0 Å². The quantitative estimate of drug-likeness (QED) is 0.862. The number of nitrogens with zero attached hydrogens (tertiary/aromatic N) is 4. The SMILES string of the molecule is O=C(CCc1ccccc1F)N1CC[C@@H](n2ccnn2)C1. The van der Waals surface area contributed by atoms with E-state index in [1.54, 1.807) is 29.1 Å². The topological polar surface area (TPSA) is 51.0 Å². The number of carbonyl (C=O) groups is 1. The van der Waals surface area contributed by atoms with Crippen molar-refractivity contribution < 1.29 is 9.18 Å². The van der Waals surface area contributed by atoms with Gasteiger partial charge in [0.05, 0.1) is 12.2 Å². The van der Waals surface area contributed by atoms with Crippen LogP contribution in [0.4, 0.5) is 4.39 Å². The van der Waals surface area contributed by atoms with Gasteiger partial charge in [-0.3, -0.25) is 4.79 Å². The first-order valence-electron chi connectivity index (χ1n) is 7.11. The van der Waals surface area contributed by atoms with E-state index in [1.807, 2.05) is 11.1 Å². The van der Waals surface area contributed by atoms with Crippen molar-refractivity contribution in [3.63, 3.8) is 0 Å². The maximum absolute atomic E-state index is 13.5. The number of likely N-dealkylation sites (tertiary alicyclic amines) is 1. The number of benzene rings is 1. The summed E-state index contributed by atoms with van der Waals surface area (Å²) in [7, 11) is 0. The smallest absolute Gasteiger partial charge is 0.222 e. The zero-order valence-corrected chi connectivity index (χ0v) is 11.7. The fourth-order valence-corrected chi connectivity index (χ4v) is 2.70. The molecule has 1 fully saturated rings. The van der Waals surface area contributed by atoms with Gasteiger partial charge >= 0.3 is 0 Å². The summed E-state index contributed by atoms with van der Waals surface area (Å²) in [5.74, 6) is -0.173. The fourth-order valence-electron chi connectivity index (χ4n) is 2.70. The average molecular weight is 288 g/mol. The second-order valence-corrected chi connectivity index (χ2v) is 5.26. The molecule has 5 nitrogen and oxygen atoms in total. The minimum atomic E-state index is -0.243. The fraction of sp³-hybridized carbons (Fsp3) is 0.400. The van der Waals surface area contributed by atoms with Crippen molar-refractivity contribution in [2.24, 2.45) is 0 Å². The van der Waals surface area contributed by atoms with Crippen molar-refractivity contribution in [3.05, 3.63) is 48.0 Å². The molecule has 21 heavy (non-hydrogen) atoms. The van der Waals surface area contributed by atoms with Crippen LogP contribution >= 0.6 is 0 Å². The number of amides is 1. The molecule has 0 saturated carbocycles. The number of hydrogen-bond acceptors (Lipinski definition) is 3. The van der Waals surface area contributed by atoms with E-state index in [9.17, 15) is 9.18 Å². The van der Waals surface area contributed by atoms with Crippen molar-refractivity contribution in [1.29, 1.82) is 0 Å². The number of rotatable bonds is 4. The van der Waals surface area contributed by atoms with Gasteiger partial charge in [-0.15, -0.1) is 5.10 Å². The van der Waals surface area contributed by atoms with Gasteiger partial charge in [-0.05, 0) is 24.5 Å². The Kier molecular flexibility index (Phi) is 3.94. The summed E-state index contributed by atoms with van der Waals surface area (Å²) >= 11 is 0. The highest BCUT2D eigenvalue weighted by molar-refractivity contribution is 5.76. The van der Waals surface area contributed by atoms with Crippen molar-refractivity contribution >= 4 is 5.91 Å². The van der Waals surface area contributed by atoms with Gasteiger partial charge in [0.15, 0.2) is 0 Å². The first-order valence-corrected chi connectivity index (χ1v) is 7.11. The average Bonchev–Trinajstić information content (AvgIpc) is 3.16. The lowest BCUT2D eigenvalue weighted by molar-refractivity contribution is -0.130. The van der Waals surface area contributed by atoms with Gasteiger partial charge < -0.3 is 4.90 Å². The molecule has 0 N–H and O–H groups in total. The molecule has 1 aliphatic rings. The maximum Gasteiger partial charge on any atom is 0.222 e. The van der Waals surface area contributed by atoms with E-state index in [-0.39, 0.29) is 17.8 Å². The Morgan fingerprint density at radius 3 is 3.00 bits per heavy atom. The summed E-state index contributed by atoms with van der Waals surface area (Å²) < 4.78 is 15.3. The number of aromatic nitrogens is 3. The van der Waals surface area contributed by atoms with E-state index < -0.39 is 0 Å². The molecular formula is C15H17FN4O. The van der Waals surface area contributed by atoms with E-state index in [2.05, 4.69) is 10.3 Å². The van der Waals surface area contributed by atoms with E-state index >= 15 is 0 Å². The predicted molar refractivity (Wildman–Crippen MR) is 75.0 cm³/mol. The molecule has 0 bridgehead atoms. The Balaban J connectivity index is 1.54. The van der Waals surface area contributed by atoms with Gasteiger partial charge in [-0.2, -0.15) is 0 Å². The van der Waals surface area contributed by atoms with Crippen LogP contribution in [0.2, 0.25) is 0 Å². The monoisotopic (exact) mass is 288 g/mol. The highest BCUT2D eigenvalue weighted by atomic mass is 19.1. The number of hydrogen-bond donors (Lipinski definition) is 0. The molecule has 0 unspecified atom stereocenters. The van der Waals surface area contributed by atoms with Crippen LogP contribution in [0.5, 0.6) is 0 Å². The van der Waals surface area contributed by atoms with Crippen LogP contribution < -0.4 is 0 Å². The summed E-state index contributed by atoms with van der Waals surface area (Å²) in [4.78, 5) is 14.0. The van der Waals surface area contributed by atoms with Gasteiger partial charge in [-0.1, -0.05) is 23.4 Å². The van der Waals surface area contributed by atoms with Crippen LogP contribution in [0.3, 0.4) is 0 Å². The zero-order valence-electron chi connectivity index (χ0n) is 11.7. The Bertz CT molecular complexity index is 614. The Labute approximate surface area is 122 Å². The van der Waals surface area contributed by atoms with Gasteiger partial charge in [0.1, 0.15) is 5.82 Å². The molecule has 2 aromatic rings. The van der Waals surface area contributed by atoms with Crippen LogP contribution in [0.1, 0.15) is 24.4 Å². The molecule has 110 valence electrons. The van der Waals surface area contributed by atoms with Crippen molar-refractivity contribution in [1.82, 2.24) is 19.9 Å². The first kappa shape index (κ1) is 13.7. The summed E-state index contributed by atoms with van der Waals surface area (Å²) in [6.45, 7) is 1.38. The molecule has 2 heterocycles. The summed E-state index contributed by atoms with van der Waals surface area (Å²) in [6, 6.07) is 6.80. The molecule has 1 aromatic carbocycles. The summed E-state index contributed by atoms with van der Waals surface area (Å²) in [5.41, 5.74) is 0.595. The third-order valence-corrected chi connectivity index (χ3v) is 3.90. The standard InChI is InChI=1S/C15H17FN4O/c16-14-4-2-1-3-12(14)5-6-15(21)19-9-7-13(11-19)20-10-8-17-18-20/h1-4,8,10,13H,5-7,9,11H2/t13-/m1/s1. The number of carbonyl (C=O) groups excluding carboxylic acids is 1. The molecule has 6 heteroatoms. The van der Waals surface area contributed by atoms with Crippen LogP contribution in [0.15, 0.2) is 36.7 Å². The highest BCUT2D eigenvalue weighted by Gasteiger charge is 2.27. The molecule has 0 spiro atoms. The predicted octanol–water partition coefficient (Wildman–Crippen LogP) is 1.82. The highest BCUT2D eigenvalue weighted by Crippen LogP contribution is 2.21. The molecule has 1 atom stereocenters. The van der Waals surface area contributed by atoms with Crippen LogP contribution in [0, 0.1) is 5.82 Å². The van der Waals surface area contributed by atoms with Crippen LogP contribution in [0.25, 0.3) is 0 Å². The molecule has 1 aromatic heterocycles. The normalized spacial score (nSPS) is 18.1. The molecule has 3 rings (SSSR count). The van der Waals surface area contributed by atoms with Gasteiger partial charge in [-0.25, -0.2) is 9.07 Å². The lowest BCUT2D eigenvalue weighted by atomic mass is 10.1. The first-order chi connectivity index (χ1) is 10.2. The van der Waals surface area contributed by atoms with E-state index in [1.165, 1.54) is 6.07 Å². The van der Waals surface area contributed by atoms with E-state index in [0.717, 1.165) is 13.0 Å². The Morgan fingerprint density at radius 2 is 2.24 bits per heavy atom. The molecule has 0 radical (unpaired) electrons. The third-order valence-electron chi connectivity index (χ3n) is 3.90. The zero-order chi connectivity index (χ0) is 14.7. The third kappa shape index (κ3) is 3.09.